The number of fused-ring (bicyclic) bond motifs is 1. The van der Waals surface area contributed by atoms with Gasteiger partial charge in [0.15, 0.2) is 11.4 Å². The van der Waals surface area contributed by atoms with Crippen molar-refractivity contribution in [3.8, 4) is 17.2 Å². The lowest BCUT2D eigenvalue weighted by Gasteiger charge is -2.27. The molecule has 0 radical (unpaired) electrons. The fourth-order valence-electron chi connectivity index (χ4n) is 2.92. The van der Waals surface area contributed by atoms with Crippen molar-refractivity contribution in [3.05, 3.63) is 30.3 Å². The Bertz CT molecular complexity index is 951. The molecule has 148 valence electrons. The van der Waals surface area contributed by atoms with Crippen LogP contribution in [-0.2, 0) is 4.74 Å². The van der Waals surface area contributed by atoms with Gasteiger partial charge in [0.05, 0.1) is 40.6 Å². The molecule has 0 spiro atoms. The quantitative estimate of drug-likeness (QED) is 0.546. The van der Waals surface area contributed by atoms with Crippen molar-refractivity contribution in [2.45, 2.75) is 10.9 Å². The fraction of sp³-hybridized carbons (Fsp3) is 0.316. The second-order valence-corrected chi connectivity index (χ2v) is 6.97. The van der Waals surface area contributed by atoms with Gasteiger partial charge >= 0.3 is 0 Å². The van der Waals surface area contributed by atoms with E-state index < -0.39 is 0 Å². The molecular weight excluding hydrogens is 382 g/mol. The van der Waals surface area contributed by atoms with Gasteiger partial charge in [0.1, 0.15) is 27.5 Å². The number of hydrogen-bond acceptors (Lipinski definition) is 9. The average Bonchev–Trinajstić information content (AvgIpc) is 3.11. The lowest BCUT2D eigenvalue weighted by molar-refractivity contribution is 0.0211. The SMILES string of the molecule is COc1cccc(OC)c1SNc1noc2cc(NC3COC3)cc(OC)c12. The molecular formula is C19H21N3O5S. The summed E-state index contributed by atoms with van der Waals surface area (Å²) in [6, 6.07) is 9.75. The van der Waals surface area contributed by atoms with Crippen molar-refractivity contribution in [2.75, 3.05) is 44.6 Å². The number of hydrogen-bond donors (Lipinski definition) is 2. The Labute approximate surface area is 166 Å². The standard InChI is InChI=1S/C19H21N3O5S/c1-23-13-5-4-6-14(24-2)18(13)28-22-19-17-15(25-3)7-11(8-16(17)27-21-19)20-12-9-26-10-12/h4-8,12,20H,9-10H2,1-3H3,(H,21,22). The van der Waals surface area contributed by atoms with Crippen LogP contribution in [0.2, 0.25) is 0 Å². The van der Waals surface area contributed by atoms with Gasteiger partial charge in [-0.3, -0.25) is 0 Å². The maximum atomic E-state index is 5.57. The van der Waals surface area contributed by atoms with Gasteiger partial charge in [-0.1, -0.05) is 11.2 Å². The van der Waals surface area contributed by atoms with Crippen LogP contribution in [0.3, 0.4) is 0 Å². The lowest BCUT2D eigenvalue weighted by Crippen LogP contribution is -2.40. The number of rotatable bonds is 8. The third kappa shape index (κ3) is 3.50. The topological polar surface area (TPSA) is 87.0 Å². The highest BCUT2D eigenvalue weighted by atomic mass is 32.2. The number of benzene rings is 2. The van der Waals surface area contributed by atoms with Crippen molar-refractivity contribution in [1.82, 2.24) is 5.16 Å². The first-order valence-electron chi connectivity index (χ1n) is 8.69. The van der Waals surface area contributed by atoms with Crippen LogP contribution in [0.4, 0.5) is 11.5 Å². The molecule has 0 bridgehead atoms. The number of anilines is 2. The zero-order valence-corrected chi connectivity index (χ0v) is 16.6. The molecule has 9 heteroatoms. The summed E-state index contributed by atoms with van der Waals surface area (Å²) in [5, 5.41) is 8.32. The van der Waals surface area contributed by atoms with Crippen LogP contribution in [0, 0.1) is 0 Å². The van der Waals surface area contributed by atoms with Crippen molar-refractivity contribution in [1.29, 1.82) is 0 Å². The Morgan fingerprint density at radius 2 is 1.75 bits per heavy atom. The molecule has 1 aliphatic heterocycles. The van der Waals surface area contributed by atoms with E-state index in [1.165, 1.54) is 11.9 Å². The minimum absolute atomic E-state index is 0.302. The molecule has 0 aliphatic carbocycles. The van der Waals surface area contributed by atoms with Crippen molar-refractivity contribution >= 4 is 34.4 Å². The molecule has 28 heavy (non-hydrogen) atoms. The Balaban J connectivity index is 1.61. The van der Waals surface area contributed by atoms with Crippen LogP contribution in [0.25, 0.3) is 11.0 Å². The summed E-state index contributed by atoms with van der Waals surface area (Å²) in [7, 11) is 4.86. The monoisotopic (exact) mass is 403 g/mol. The number of nitrogens with zero attached hydrogens (tertiary/aromatic N) is 1. The molecule has 4 rings (SSSR count). The predicted molar refractivity (Wildman–Crippen MR) is 108 cm³/mol. The maximum Gasteiger partial charge on any atom is 0.191 e. The molecule has 1 aliphatic rings. The first kappa shape index (κ1) is 18.6. The van der Waals surface area contributed by atoms with Crippen LogP contribution in [0.1, 0.15) is 0 Å². The van der Waals surface area contributed by atoms with Crippen molar-refractivity contribution in [3.63, 3.8) is 0 Å². The van der Waals surface area contributed by atoms with Gasteiger partial charge < -0.3 is 33.5 Å². The molecule has 0 unspecified atom stereocenters. The van der Waals surface area contributed by atoms with Gasteiger partial charge in [-0.15, -0.1) is 0 Å². The molecule has 1 saturated heterocycles. The zero-order chi connectivity index (χ0) is 19.5. The van der Waals surface area contributed by atoms with E-state index in [2.05, 4.69) is 15.2 Å². The molecule has 2 N–H and O–H groups in total. The summed E-state index contributed by atoms with van der Waals surface area (Å²) < 4.78 is 30.4. The smallest absolute Gasteiger partial charge is 0.191 e. The molecule has 2 heterocycles. The number of nitrogens with one attached hydrogen (secondary N) is 2. The van der Waals surface area contributed by atoms with E-state index >= 15 is 0 Å². The molecule has 8 nitrogen and oxygen atoms in total. The molecule has 1 fully saturated rings. The number of ether oxygens (including phenoxy) is 4. The van der Waals surface area contributed by atoms with Crippen LogP contribution in [0.15, 0.2) is 39.8 Å². The van der Waals surface area contributed by atoms with Gasteiger partial charge in [0, 0.05) is 17.8 Å². The summed E-state index contributed by atoms with van der Waals surface area (Å²) in [5.41, 5.74) is 1.52. The third-order valence-corrected chi connectivity index (χ3v) is 5.30. The zero-order valence-electron chi connectivity index (χ0n) is 15.8. The minimum atomic E-state index is 0.302. The fourth-order valence-corrected chi connectivity index (χ4v) is 3.76. The first-order valence-corrected chi connectivity index (χ1v) is 9.50. The van der Waals surface area contributed by atoms with Crippen LogP contribution in [0.5, 0.6) is 17.2 Å². The number of methoxy groups -OCH3 is 3. The van der Waals surface area contributed by atoms with Gasteiger partial charge in [0.25, 0.3) is 0 Å². The Hall–Kier alpha value is -2.78. The summed E-state index contributed by atoms with van der Waals surface area (Å²) in [6.07, 6.45) is 0. The average molecular weight is 403 g/mol. The highest BCUT2D eigenvalue weighted by molar-refractivity contribution is 8.00. The van der Waals surface area contributed by atoms with E-state index in [1.807, 2.05) is 30.3 Å². The van der Waals surface area contributed by atoms with Crippen LogP contribution < -0.4 is 24.2 Å². The Kier molecular flexibility index (Phi) is 5.36. The van der Waals surface area contributed by atoms with Crippen molar-refractivity contribution < 1.29 is 23.5 Å². The van der Waals surface area contributed by atoms with Crippen LogP contribution >= 0.6 is 11.9 Å². The Morgan fingerprint density at radius 1 is 1.04 bits per heavy atom. The molecule has 0 atom stereocenters. The van der Waals surface area contributed by atoms with Crippen molar-refractivity contribution in [2.24, 2.45) is 0 Å². The van der Waals surface area contributed by atoms with E-state index in [1.54, 1.807) is 21.3 Å². The predicted octanol–water partition coefficient (Wildman–Crippen LogP) is 3.78. The van der Waals surface area contributed by atoms with E-state index in [0.717, 1.165) is 16.0 Å². The maximum absolute atomic E-state index is 5.57. The van der Waals surface area contributed by atoms with Gasteiger partial charge in [0.2, 0.25) is 0 Å². The van der Waals surface area contributed by atoms with E-state index in [0.29, 0.717) is 47.9 Å². The van der Waals surface area contributed by atoms with Gasteiger partial charge in [-0.25, -0.2) is 0 Å². The number of aromatic nitrogens is 1. The second kappa shape index (κ2) is 8.07. The minimum Gasteiger partial charge on any atom is -0.496 e. The highest BCUT2D eigenvalue weighted by Crippen LogP contribution is 2.41. The van der Waals surface area contributed by atoms with E-state index in [4.69, 9.17) is 23.5 Å². The molecule has 3 aromatic rings. The summed E-state index contributed by atoms with van der Waals surface area (Å²) in [6.45, 7) is 1.39. The molecule has 2 aromatic carbocycles. The van der Waals surface area contributed by atoms with E-state index in [9.17, 15) is 0 Å². The first-order chi connectivity index (χ1) is 13.7. The summed E-state index contributed by atoms with van der Waals surface area (Å²) >= 11 is 1.33. The van der Waals surface area contributed by atoms with Crippen LogP contribution in [-0.4, -0.2) is 45.7 Å². The largest absolute Gasteiger partial charge is 0.496 e. The van der Waals surface area contributed by atoms with Gasteiger partial charge in [-0.2, -0.15) is 0 Å². The Morgan fingerprint density at radius 3 is 2.36 bits per heavy atom. The highest BCUT2D eigenvalue weighted by Gasteiger charge is 2.21. The molecule has 0 amide bonds. The normalized spacial score (nSPS) is 13.8. The lowest BCUT2D eigenvalue weighted by atomic mass is 10.2. The van der Waals surface area contributed by atoms with Gasteiger partial charge in [-0.05, 0) is 24.1 Å². The summed E-state index contributed by atoms with van der Waals surface area (Å²) in [5.74, 6) is 2.62. The third-order valence-electron chi connectivity index (χ3n) is 4.40. The molecule has 0 saturated carbocycles. The van der Waals surface area contributed by atoms with E-state index in [-0.39, 0.29) is 0 Å². The summed E-state index contributed by atoms with van der Waals surface area (Å²) in [4.78, 5) is 0.811. The second-order valence-electron chi connectivity index (χ2n) is 6.16. The molecule has 1 aromatic heterocycles.